The molecule has 0 spiro atoms. The van der Waals surface area contributed by atoms with Crippen LogP contribution in [0.3, 0.4) is 0 Å². The van der Waals surface area contributed by atoms with Gasteiger partial charge in [0.2, 0.25) is 5.91 Å². The molecule has 0 atom stereocenters. The summed E-state index contributed by atoms with van der Waals surface area (Å²) in [7, 11) is 1.76. The van der Waals surface area contributed by atoms with E-state index < -0.39 is 0 Å². The molecule has 1 aromatic carbocycles. The van der Waals surface area contributed by atoms with E-state index in [9.17, 15) is 4.79 Å². The zero-order valence-electron chi connectivity index (χ0n) is 16.4. The Morgan fingerprint density at radius 2 is 1.89 bits per heavy atom. The highest BCUT2D eigenvalue weighted by atomic mass is 127. The molecule has 2 N–H and O–H groups in total. The minimum Gasteiger partial charge on any atom is -0.356 e. The Morgan fingerprint density at radius 3 is 2.50 bits per heavy atom. The van der Waals surface area contributed by atoms with Gasteiger partial charge in [-0.3, -0.25) is 9.79 Å². The lowest BCUT2D eigenvalue weighted by molar-refractivity contribution is -0.131. The van der Waals surface area contributed by atoms with E-state index in [0.717, 1.165) is 50.0 Å². The van der Waals surface area contributed by atoms with E-state index in [4.69, 9.17) is 0 Å². The van der Waals surface area contributed by atoms with Gasteiger partial charge in [0.1, 0.15) is 0 Å². The third kappa shape index (κ3) is 6.44. The molecule has 2 heterocycles. The molecule has 0 saturated carbocycles. The number of hydrogen-bond acceptors (Lipinski definition) is 4. The maximum absolute atomic E-state index is 12.4. The van der Waals surface area contributed by atoms with Crippen molar-refractivity contribution in [3.63, 3.8) is 0 Å². The van der Waals surface area contributed by atoms with Crippen molar-refractivity contribution in [3.05, 3.63) is 51.5 Å². The van der Waals surface area contributed by atoms with Gasteiger partial charge in [0, 0.05) is 57.1 Å². The maximum atomic E-state index is 12.4. The highest BCUT2D eigenvalue weighted by molar-refractivity contribution is 14.0. The molecule has 1 aliphatic rings. The SMILES string of the molecule is CN=C(NCCCC(=O)N1Cc2ccccc2C1)NCCc1ncc(C)s1.I. The number of aliphatic imine (C=N–C) groups is 1. The van der Waals surface area contributed by atoms with Gasteiger partial charge < -0.3 is 15.5 Å². The van der Waals surface area contributed by atoms with Gasteiger partial charge in [-0.1, -0.05) is 24.3 Å². The Bertz CT molecular complexity index is 782. The minimum atomic E-state index is 0. The number of fused-ring (bicyclic) bond motifs is 1. The molecule has 0 radical (unpaired) electrons. The number of thiazole rings is 1. The largest absolute Gasteiger partial charge is 0.356 e. The number of aromatic nitrogens is 1. The van der Waals surface area contributed by atoms with Gasteiger partial charge in [-0.25, -0.2) is 4.98 Å². The number of nitrogens with zero attached hydrogens (tertiary/aromatic N) is 3. The zero-order chi connectivity index (χ0) is 19.1. The number of carbonyl (C=O) groups excluding carboxylic acids is 1. The molecule has 0 fully saturated rings. The van der Waals surface area contributed by atoms with Crippen molar-refractivity contribution in [1.29, 1.82) is 0 Å². The molecule has 8 heteroatoms. The lowest BCUT2D eigenvalue weighted by Gasteiger charge is -2.16. The maximum Gasteiger partial charge on any atom is 0.223 e. The van der Waals surface area contributed by atoms with Crippen molar-refractivity contribution in [1.82, 2.24) is 20.5 Å². The van der Waals surface area contributed by atoms with Crippen LogP contribution in [0.25, 0.3) is 0 Å². The first-order valence-corrected chi connectivity index (χ1v) is 10.2. The lowest BCUT2D eigenvalue weighted by atomic mass is 10.1. The molecule has 152 valence electrons. The number of guanidine groups is 1. The fourth-order valence-electron chi connectivity index (χ4n) is 3.14. The predicted molar refractivity (Wildman–Crippen MR) is 125 cm³/mol. The van der Waals surface area contributed by atoms with Crippen LogP contribution < -0.4 is 10.6 Å². The molecule has 1 aromatic heterocycles. The Hall–Kier alpha value is -1.68. The average molecular weight is 513 g/mol. The summed E-state index contributed by atoms with van der Waals surface area (Å²) in [4.78, 5) is 24.2. The summed E-state index contributed by atoms with van der Waals surface area (Å²) in [6, 6.07) is 8.27. The van der Waals surface area contributed by atoms with E-state index in [1.807, 2.05) is 23.2 Å². The standard InChI is InChI=1S/C20H27N5OS.HI/c1-15-12-24-18(27-15)9-11-23-20(21-2)22-10-5-8-19(26)25-13-16-6-3-4-7-17(16)14-25;/h3-4,6-7,12H,5,8-11,13-14H2,1-2H3,(H2,21,22,23);1H. The number of benzene rings is 1. The van der Waals surface area contributed by atoms with Crippen molar-refractivity contribution in [2.45, 2.75) is 39.3 Å². The number of nitrogens with one attached hydrogen (secondary N) is 2. The smallest absolute Gasteiger partial charge is 0.223 e. The lowest BCUT2D eigenvalue weighted by Crippen LogP contribution is -2.39. The van der Waals surface area contributed by atoms with Crippen LogP contribution in [-0.2, 0) is 24.3 Å². The zero-order valence-corrected chi connectivity index (χ0v) is 19.5. The molecule has 28 heavy (non-hydrogen) atoms. The predicted octanol–water partition coefficient (Wildman–Crippen LogP) is 3.10. The van der Waals surface area contributed by atoms with Gasteiger partial charge in [-0.15, -0.1) is 35.3 Å². The van der Waals surface area contributed by atoms with Crippen LogP contribution in [0.15, 0.2) is 35.5 Å². The molecule has 1 amide bonds. The van der Waals surface area contributed by atoms with E-state index in [2.05, 4.69) is 39.7 Å². The van der Waals surface area contributed by atoms with E-state index in [1.165, 1.54) is 16.0 Å². The van der Waals surface area contributed by atoms with Gasteiger partial charge in [-0.2, -0.15) is 0 Å². The quantitative estimate of drug-likeness (QED) is 0.259. The molecular weight excluding hydrogens is 485 g/mol. The molecule has 3 rings (SSSR count). The summed E-state index contributed by atoms with van der Waals surface area (Å²) in [6.07, 6.45) is 4.13. The number of carbonyl (C=O) groups is 1. The van der Waals surface area contributed by atoms with Crippen molar-refractivity contribution in [2.24, 2.45) is 4.99 Å². The van der Waals surface area contributed by atoms with Gasteiger partial charge in [0.05, 0.1) is 5.01 Å². The second-order valence-corrected chi connectivity index (χ2v) is 7.98. The summed E-state index contributed by atoms with van der Waals surface area (Å²) in [5, 5.41) is 7.70. The average Bonchev–Trinajstić information content (AvgIpc) is 3.29. The van der Waals surface area contributed by atoms with Crippen LogP contribution in [-0.4, -0.2) is 41.9 Å². The van der Waals surface area contributed by atoms with Crippen LogP contribution in [0, 0.1) is 6.92 Å². The Morgan fingerprint density at radius 1 is 1.21 bits per heavy atom. The van der Waals surface area contributed by atoms with Gasteiger partial charge in [0.25, 0.3) is 0 Å². The molecule has 1 aliphatic heterocycles. The van der Waals surface area contributed by atoms with Crippen LogP contribution >= 0.6 is 35.3 Å². The third-order valence-electron chi connectivity index (χ3n) is 4.58. The first-order chi connectivity index (χ1) is 13.2. The molecule has 6 nitrogen and oxygen atoms in total. The van der Waals surface area contributed by atoms with E-state index in [-0.39, 0.29) is 29.9 Å². The topological polar surface area (TPSA) is 69.6 Å². The Balaban J connectivity index is 0.00000280. The molecule has 0 aliphatic carbocycles. The van der Waals surface area contributed by atoms with Crippen molar-refractivity contribution in [3.8, 4) is 0 Å². The van der Waals surface area contributed by atoms with Crippen LogP contribution in [0.4, 0.5) is 0 Å². The van der Waals surface area contributed by atoms with Crippen molar-refractivity contribution >= 4 is 47.2 Å². The molecule has 0 bridgehead atoms. The van der Waals surface area contributed by atoms with Gasteiger partial charge in [-0.05, 0) is 24.5 Å². The van der Waals surface area contributed by atoms with Crippen molar-refractivity contribution in [2.75, 3.05) is 20.1 Å². The summed E-state index contributed by atoms with van der Waals surface area (Å²) < 4.78 is 0. The van der Waals surface area contributed by atoms with Crippen LogP contribution in [0.1, 0.15) is 33.9 Å². The number of hydrogen-bond donors (Lipinski definition) is 2. The fourth-order valence-corrected chi connectivity index (χ4v) is 3.93. The summed E-state index contributed by atoms with van der Waals surface area (Å²) >= 11 is 1.73. The Kier molecular flexibility index (Phi) is 9.17. The summed E-state index contributed by atoms with van der Waals surface area (Å²) in [6.45, 7) is 5.06. The van der Waals surface area contributed by atoms with E-state index in [1.54, 1.807) is 18.4 Å². The molecule has 2 aromatic rings. The number of amides is 1. The highest BCUT2D eigenvalue weighted by Gasteiger charge is 2.22. The monoisotopic (exact) mass is 513 g/mol. The second-order valence-electron chi connectivity index (χ2n) is 6.66. The van der Waals surface area contributed by atoms with Gasteiger partial charge in [0.15, 0.2) is 5.96 Å². The summed E-state index contributed by atoms with van der Waals surface area (Å²) in [5.74, 6) is 0.986. The third-order valence-corrected chi connectivity index (χ3v) is 5.55. The van der Waals surface area contributed by atoms with Crippen molar-refractivity contribution < 1.29 is 4.79 Å². The second kappa shape index (κ2) is 11.4. The first kappa shape index (κ1) is 22.6. The molecular formula is C20H28IN5OS. The van der Waals surface area contributed by atoms with E-state index >= 15 is 0 Å². The normalized spacial score (nSPS) is 13.1. The number of rotatable bonds is 7. The fraction of sp³-hybridized carbons (Fsp3) is 0.450. The minimum absolute atomic E-state index is 0. The van der Waals surface area contributed by atoms with E-state index in [0.29, 0.717) is 6.42 Å². The molecule has 0 saturated heterocycles. The number of aryl methyl sites for hydroxylation is 1. The van der Waals surface area contributed by atoms with Crippen LogP contribution in [0.5, 0.6) is 0 Å². The first-order valence-electron chi connectivity index (χ1n) is 9.36. The Labute approximate surface area is 187 Å². The number of halogens is 1. The highest BCUT2D eigenvalue weighted by Crippen LogP contribution is 2.22. The molecule has 0 unspecified atom stereocenters. The summed E-state index contributed by atoms with van der Waals surface area (Å²) in [5.41, 5.74) is 2.54. The van der Waals surface area contributed by atoms with Gasteiger partial charge >= 0.3 is 0 Å². The van der Waals surface area contributed by atoms with Crippen LogP contribution in [0.2, 0.25) is 0 Å².